The first-order valence-corrected chi connectivity index (χ1v) is 10.3. The lowest BCUT2D eigenvalue weighted by molar-refractivity contribution is -0.137. The van der Waals surface area contributed by atoms with Crippen LogP contribution >= 0.6 is 0 Å². The predicted molar refractivity (Wildman–Crippen MR) is 118 cm³/mol. The average molecular weight is 521 g/mol. The molecule has 2 N–H and O–H groups in total. The van der Waals surface area contributed by atoms with Crippen molar-refractivity contribution in [3.63, 3.8) is 0 Å². The van der Waals surface area contributed by atoms with Crippen LogP contribution in [0.15, 0.2) is 67.0 Å². The molecule has 0 aliphatic carbocycles. The molecule has 2 aromatic carbocycles. The van der Waals surface area contributed by atoms with Crippen LogP contribution in [0, 0.1) is 5.82 Å². The van der Waals surface area contributed by atoms with Gasteiger partial charge >= 0.3 is 12.4 Å². The van der Waals surface area contributed by atoms with Crippen molar-refractivity contribution in [3.8, 4) is 22.8 Å². The number of hydrogen-bond acceptors (Lipinski definition) is 4. The van der Waals surface area contributed by atoms with Crippen LogP contribution in [0.4, 0.5) is 30.7 Å². The third-order valence-corrected chi connectivity index (χ3v) is 5.16. The number of amides is 1. The lowest BCUT2D eigenvalue weighted by atomic mass is 10.1. The molecule has 0 saturated carbocycles. The van der Waals surface area contributed by atoms with E-state index in [4.69, 9.17) is 5.73 Å². The number of carbonyl (C=O) groups excluding carboxylic acids is 1. The summed E-state index contributed by atoms with van der Waals surface area (Å²) in [5.41, 5.74) is 1.12. The third kappa shape index (κ3) is 5.20. The number of rotatable bonds is 5. The van der Waals surface area contributed by atoms with Gasteiger partial charge in [-0.1, -0.05) is 36.4 Å². The number of halogens is 7. The summed E-state index contributed by atoms with van der Waals surface area (Å²) in [4.78, 5) is 19.7. The number of pyridine rings is 1. The number of primary amides is 1. The summed E-state index contributed by atoms with van der Waals surface area (Å²) in [6.07, 6.45) is -6.99. The quantitative estimate of drug-likeness (QED) is 0.271. The minimum absolute atomic E-state index is 0.356. The second-order valence-corrected chi connectivity index (χ2v) is 7.55. The number of hydrogen-bond donors (Lipinski definition) is 1. The molecular weight excluding hydrogens is 507 g/mol. The van der Waals surface area contributed by atoms with Crippen LogP contribution in [0.2, 0.25) is 0 Å². The molecule has 37 heavy (non-hydrogen) atoms. The normalized spacial score (nSPS) is 12.6. The Bertz CT molecular complexity index is 1510. The Morgan fingerprint density at radius 3 is 2.00 bits per heavy atom. The van der Waals surface area contributed by atoms with E-state index in [0.29, 0.717) is 4.68 Å². The highest BCUT2D eigenvalue weighted by Gasteiger charge is 2.37. The Labute approximate surface area is 203 Å². The maximum atomic E-state index is 14.4. The largest absolute Gasteiger partial charge is 0.417 e. The van der Waals surface area contributed by atoms with Crippen LogP contribution in [-0.2, 0) is 17.1 Å². The highest BCUT2D eigenvalue weighted by atomic mass is 19.4. The maximum Gasteiger partial charge on any atom is 0.417 e. The molecule has 0 saturated heterocycles. The highest BCUT2D eigenvalue weighted by Crippen LogP contribution is 2.39. The van der Waals surface area contributed by atoms with Gasteiger partial charge in [0.2, 0.25) is 0 Å². The summed E-state index contributed by atoms with van der Waals surface area (Å²) in [7, 11) is 0. The topological polar surface area (TPSA) is 86.7 Å². The zero-order valence-corrected chi connectivity index (χ0v) is 18.3. The van der Waals surface area contributed by atoms with Gasteiger partial charge in [0, 0.05) is 29.1 Å². The molecule has 4 rings (SSSR count). The van der Waals surface area contributed by atoms with E-state index in [0.717, 1.165) is 61.1 Å². The first-order chi connectivity index (χ1) is 17.4. The molecule has 1 amide bonds. The molecule has 0 atom stereocenters. The number of aromatic nitrogens is 4. The third-order valence-electron chi connectivity index (χ3n) is 5.16. The molecule has 0 fully saturated rings. The van der Waals surface area contributed by atoms with Crippen LogP contribution < -0.4 is 5.73 Å². The fourth-order valence-corrected chi connectivity index (χ4v) is 3.54. The second-order valence-electron chi connectivity index (χ2n) is 7.55. The summed E-state index contributed by atoms with van der Waals surface area (Å²) in [6.45, 7) is 0. The van der Waals surface area contributed by atoms with Crippen molar-refractivity contribution in [1.82, 2.24) is 19.7 Å². The Morgan fingerprint density at radius 2 is 1.43 bits per heavy atom. The molecule has 0 unspecified atom stereocenters. The van der Waals surface area contributed by atoms with Gasteiger partial charge in [-0.25, -0.2) is 14.1 Å². The predicted octanol–water partition coefficient (Wildman–Crippen LogP) is 5.67. The van der Waals surface area contributed by atoms with Gasteiger partial charge in [0.05, 0.1) is 22.9 Å². The number of alkyl halides is 6. The number of nitrogens with zero attached hydrogens (tertiary/aromatic N) is 4. The van der Waals surface area contributed by atoms with E-state index in [1.807, 2.05) is 0 Å². The van der Waals surface area contributed by atoms with Crippen molar-refractivity contribution in [2.24, 2.45) is 5.73 Å². The molecule has 190 valence electrons. The summed E-state index contributed by atoms with van der Waals surface area (Å²) in [5.74, 6) is -3.32. The maximum absolute atomic E-state index is 14.4. The molecule has 0 aliphatic rings. The van der Waals surface area contributed by atoms with Crippen molar-refractivity contribution >= 4 is 17.7 Å². The van der Waals surface area contributed by atoms with Gasteiger partial charge in [0.15, 0.2) is 11.6 Å². The monoisotopic (exact) mass is 521 g/mol. The first-order valence-electron chi connectivity index (χ1n) is 10.3. The van der Waals surface area contributed by atoms with Gasteiger partial charge in [-0.05, 0) is 18.2 Å². The van der Waals surface area contributed by atoms with Crippen molar-refractivity contribution in [1.29, 1.82) is 0 Å². The number of benzene rings is 2. The summed E-state index contributed by atoms with van der Waals surface area (Å²) in [5, 5.41) is 3.95. The van der Waals surface area contributed by atoms with Crippen LogP contribution in [0.25, 0.3) is 34.5 Å². The minimum atomic E-state index is -4.87. The fourth-order valence-electron chi connectivity index (χ4n) is 3.54. The van der Waals surface area contributed by atoms with Crippen molar-refractivity contribution < 1.29 is 35.5 Å². The molecule has 0 bridgehead atoms. The van der Waals surface area contributed by atoms with Gasteiger partial charge in [-0.2, -0.15) is 26.3 Å². The molecule has 6 nitrogen and oxygen atoms in total. The van der Waals surface area contributed by atoms with E-state index in [9.17, 15) is 35.5 Å². The lowest BCUT2D eigenvalue weighted by Crippen LogP contribution is -2.15. The van der Waals surface area contributed by atoms with E-state index in [-0.39, 0.29) is 5.56 Å². The van der Waals surface area contributed by atoms with E-state index in [2.05, 4.69) is 15.1 Å². The summed E-state index contributed by atoms with van der Waals surface area (Å²) < 4.78 is 97.3. The molecule has 0 aliphatic heterocycles. The molecule has 4 aromatic rings. The van der Waals surface area contributed by atoms with Gasteiger partial charge in [-0.15, -0.1) is 5.10 Å². The van der Waals surface area contributed by atoms with Gasteiger partial charge in [0.1, 0.15) is 5.82 Å². The van der Waals surface area contributed by atoms with Crippen molar-refractivity contribution in [2.75, 3.05) is 0 Å². The van der Waals surface area contributed by atoms with Crippen LogP contribution in [0.5, 0.6) is 0 Å². The lowest BCUT2D eigenvalue weighted by Gasteiger charge is -2.12. The standard InChI is InChI=1S/C24H14F7N5O/c25-19-11-33-10-9-13(19)16(20(32)37)12-36-22(15-6-2-4-8-18(15)24(29,30)31)34-21(35-36)14-5-1-3-7-17(14)23(26,27)28/h1-12H,(H2,32,37)/b16-12+. The highest BCUT2D eigenvalue weighted by molar-refractivity contribution is 6.22. The Balaban J connectivity index is 2.04. The van der Waals surface area contributed by atoms with Gasteiger partial charge < -0.3 is 5.73 Å². The first kappa shape index (κ1) is 25.5. The minimum Gasteiger partial charge on any atom is -0.366 e. The van der Waals surface area contributed by atoms with Crippen LogP contribution in [-0.4, -0.2) is 25.7 Å². The second kappa shape index (κ2) is 9.48. The number of nitrogens with two attached hydrogens (primary N) is 1. The Morgan fingerprint density at radius 1 is 0.865 bits per heavy atom. The summed E-state index contributed by atoms with van der Waals surface area (Å²) in [6, 6.07) is 9.45. The smallest absolute Gasteiger partial charge is 0.366 e. The van der Waals surface area contributed by atoms with Gasteiger partial charge in [-0.3, -0.25) is 9.78 Å². The molecule has 13 heteroatoms. The van der Waals surface area contributed by atoms with E-state index in [1.165, 1.54) is 12.1 Å². The molecule has 0 radical (unpaired) electrons. The number of carbonyl (C=O) groups is 1. The van der Waals surface area contributed by atoms with Crippen LogP contribution in [0.3, 0.4) is 0 Å². The average Bonchev–Trinajstić information content (AvgIpc) is 3.25. The fraction of sp³-hybridized carbons (Fsp3) is 0.0833. The van der Waals surface area contributed by atoms with Crippen molar-refractivity contribution in [3.05, 3.63) is 89.5 Å². The van der Waals surface area contributed by atoms with Gasteiger partial charge in [0.25, 0.3) is 5.91 Å². The Hall–Kier alpha value is -4.55. The van der Waals surface area contributed by atoms with E-state index >= 15 is 0 Å². The molecular formula is C24H14F7N5O. The SMILES string of the molecule is NC(=O)/C(=C/n1nc(-c2ccccc2C(F)(F)F)nc1-c1ccccc1C(F)(F)F)c1ccncc1F. The molecule has 2 heterocycles. The molecule has 0 spiro atoms. The zero-order valence-electron chi connectivity index (χ0n) is 18.3. The zero-order chi connectivity index (χ0) is 27.0. The van der Waals surface area contributed by atoms with E-state index < -0.39 is 63.6 Å². The molecule has 2 aromatic heterocycles. The van der Waals surface area contributed by atoms with Crippen LogP contribution in [0.1, 0.15) is 16.7 Å². The van der Waals surface area contributed by atoms with E-state index in [1.54, 1.807) is 0 Å². The summed E-state index contributed by atoms with van der Waals surface area (Å²) >= 11 is 0. The Kier molecular flexibility index (Phi) is 6.55. The van der Waals surface area contributed by atoms with Crippen molar-refractivity contribution in [2.45, 2.75) is 12.4 Å².